The van der Waals surface area contributed by atoms with Crippen molar-refractivity contribution in [3.8, 4) is 22.3 Å². The van der Waals surface area contributed by atoms with Crippen LogP contribution in [0.5, 0.6) is 0 Å². The maximum absolute atomic E-state index is 3.72. The van der Waals surface area contributed by atoms with Crippen LogP contribution in [-0.4, -0.2) is 0 Å². The Morgan fingerprint density at radius 2 is 1.21 bits per heavy atom. The highest BCUT2D eigenvalue weighted by Gasteiger charge is 2.35. The Kier molecular flexibility index (Phi) is 4.80. The van der Waals surface area contributed by atoms with Crippen LogP contribution >= 0.6 is 11.3 Å². The van der Waals surface area contributed by atoms with Crippen LogP contribution in [0.2, 0.25) is 0 Å². The molecule has 7 aromatic rings. The van der Waals surface area contributed by atoms with Crippen LogP contribution in [0.1, 0.15) is 25.0 Å². The second kappa shape index (κ2) is 8.30. The minimum atomic E-state index is 0.0237. The van der Waals surface area contributed by atoms with E-state index in [9.17, 15) is 0 Å². The molecule has 6 aromatic carbocycles. The van der Waals surface area contributed by atoms with Gasteiger partial charge in [-0.25, -0.2) is 0 Å². The predicted octanol–water partition coefficient (Wildman–Crippen LogP) is 10.9. The average Bonchev–Trinajstić information content (AvgIpc) is 3.45. The molecule has 8 rings (SSSR count). The van der Waals surface area contributed by atoms with Crippen molar-refractivity contribution in [2.75, 3.05) is 5.32 Å². The lowest BCUT2D eigenvalue weighted by Crippen LogP contribution is -2.14. The van der Waals surface area contributed by atoms with E-state index >= 15 is 0 Å². The summed E-state index contributed by atoms with van der Waals surface area (Å²) in [6, 6.07) is 44.5. The monoisotopic (exact) mass is 517 g/mol. The van der Waals surface area contributed by atoms with Gasteiger partial charge in [-0.3, -0.25) is 0 Å². The average molecular weight is 518 g/mol. The predicted molar refractivity (Wildman–Crippen MR) is 170 cm³/mol. The molecule has 0 aliphatic heterocycles. The molecule has 0 spiro atoms. The molecule has 0 fully saturated rings. The Morgan fingerprint density at radius 1 is 0.513 bits per heavy atom. The van der Waals surface area contributed by atoms with Gasteiger partial charge in [0.05, 0.1) is 0 Å². The fourth-order valence-electron chi connectivity index (χ4n) is 6.51. The lowest BCUT2D eigenvalue weighted by molar-refractivity contribution is 0.660. The van der Waals surface area contributed by atoms with E-state index in [2.05, 4.69) is 140 Å². The number of hydrogen-bond donors (Lipinski definition) is 1. The van der Waals surface area contributed by atoms with Crippen molar-refractivity contribution >= 4 is 53.7 Å². The van der Waals surface area contributed by atoms with E-state index in [4.69, 9.17) is 0 Å². The molecule has 0 bridgehead atoms. The molecule has 0 saturated heterocycles. The van der Waals surface area contributed by atoms with Crippen molar-refractivity contribution in [3.05, 3.63) is 132 Å². The minimum Gasteiger partial charge on any atom is -0.355 e. The number of hydrogen-bond acceptors (Lipinski definition) is 2. The molecule has 186 valence electrons. The Labute approximate surface area is 232 Å². The highest BCUT2D eigenvalue weighted by molar-refractivity contribution is 7.26. The van der Waals surface area contributed by atoms with E-state index in [1.54, 1.807) is 0 Å². The largest absolute Gasteiger partial charge is 0.355 e. The summed E-state index contributed by atoms with van der Waals surface area (Å²) < 4.78 is 2.69. The van der Waals surface area contributed by atoms with Gasteiger partial charge in [0.1, 0.15) is 0 Å². The molecule has 1 aliphatic rings. The first kappa shape index (κ1) is 22.6. The van der Waals surface area contributed by atoms with Crippen LogP contribution in [0.3, 0.4) is 0 Å². The molecule has 1 N–H and O–H groups in total. The van der Waals surface area contributed by atoms with Gasteiger partial charge in [0.2, 0.25) is 0 Å². The van der Waals surface area contributed by atoms with Gasteiger partial charge in [-0.2, -0.15) is 0 Å². The van der Waals surface area contributed by atoms with Gasteiger partial charge in [-0.05, 0) is 68.9 Å². The smallest absolute Gasteiger partial charge is 0.0434 e. The quantitative estimate of drug-likeness (QED) is 0.246. The summed E-state index contributed by atoms with van der Waals surface area (Å²) in [5.74, 6) is 0. The number of anilines is 2. The van der Waals surface area contributed by atoms with Crippen molar-refractivity contribution < 1.29 is 0 Å². The highest BCUT2D eigenvalue weighted by Crippen LogP contribution is 2.49. The molecule has 0 amide bonds. The fraction of sp³-hybridized carbons (Fsp3) is 0.0811. The van der Waals surface area contributed by atoms with Gasteiger partial charge in [0, 0.05) is 42.5 Å². The number of rotatable bonds is 3. The maximum atomic E-state index is 3.72. The van der Waals surface area contributed by atoms with E-state index < -0.39 is 0 Å². The van der Waals surface area contributed by atoms with Crippen molar-refractivity contribution in [1.29, 1.82) is 0 Å². The standard InChI is InChI=1S/C37H27NS/c1-37(2)33-15-5-3-10-27(33)32-22-25(19-20-34(32)37)38-24-18-17-23-9-7-12-26(31(23)21-24)29-13-8-14-30-28-11-4-6-16-35(28)39-36(29)30/h3-22,38H,1-2H3. The Bertz CT molecular complexity index is 2080. The van der Waals surface area contributed by atoms with Crippen molar-refractivity contribution in [3.63, 3.8) is 0 Å². The zero-order valence-corrected chi connectivity index (χ0v) is 22.8. The molecule has 0 radical (unpaired) electrons. The Morgan fingerprint density at radius 3 is 2.15 bits per heavy atom. The molecule has 1 heterocycles. The molecule has 2 heteroatoms. The third kappa shape index (κ3) is 3.38. The molecule has 0 saturated carbocycles. The molecule has 1 aromatic heterocycles. The van der Waals surface area contributed by atoms with E-state index in [1.165, 1.54) is 64.3 Å². The summed E-state index contributed by atoms with van der Waals surface area (Å²) in [5.41, 5.74) is 10.3. The third-order valence-electron chi connectivity index (χ3n) is 8.45. The fourth-order valence-corrected chi connectivity index (χ4v) is 7.74. The first-order valence-corrected chi connectivity index (χ1v) is 14.3. The molecule has 0 unspecified atom stereocenters. The second-order valence-corrected chi connectivity index (χ2v) is 12.1. The number of thiophene rings is 1. The van der Waals surface area contributed by atoms with Crippen LogP contribution < -0.4 is 5.32 Å². The van der Waals surface area contributed by atoms with E-state index in [0.29, 0.717) is 0 Å². The Hall–Kier alpha value is -4.40. The summed E-state index contributed by atoms with van der Waals surface area (Å²) in [6.07, 6.45) is 0. The highest BCUT2D eigenvalue weighted by atomic mass is 32.1. The van der Waals surface area contributed by atoms with Gasteiger partial charge in [-0.1, -0.05) is 105 Å². The minimum absolute atomic E-state index is 0.0237. The molecule has 1 aliphatic carbocycles. The second-order valence-electron chi connectivity index (χ2n) is 11.1. The molecular formula is C37H27NS. The molecule has 1 nitrogen and oxygen atoms in total. The molecular weight excluding hydrogens is 490 g/mol. The lowest BCUT2D eigenvalue weighted by Gasteiger charge is -2.21. The topological polar surface area (TPSA) is 12.0 Å². The summed E-state index contributed by atoms with van der Waals surface area (Å²) in [6.45, 7) is 4.65. The summed E-state index contributed by atoms with van der Waals surface area (Å²) >= 11 is 1.89. The summed E-state index contributed by atoms with van der Waals surface area (Å²) in [7, 11) is 0. The van der Waals surface area contributed by atoms with Crippen LogP contribution in [0.4, 0.5) is 11.4 Å². The van der Waals surface area contributed by atoms with Crippen LogP contribution in [0.25, 0.3) is 53.2 Å². The van der Waals surface area contributed by atoms with Crippen molar-refractivity contribution in [2.45, 2.75) is 19.3 Å². The number of benzene rings is 6. The zero-order chi connectivity index (χ0) is 26.1. The van der Waals surface area contributed by atoms with Gasteiger partial charge in [-0.15, -0.1) is 11.3 Å². The first-order chi connectivity index (χ1) is 19.1. The lowest BCUT2D eigenvalue weighted by atomic mass is 9.82. The van der Waals surface area contributed by atoms with Gasteiger partial charge in [0.25, 0.3) is 0 Å². The first-order valence-electron chi connectivity index (χ1n) is 13.5. The molecule has 39 heavy (non-hydrogen) atoms. The van der Waals surface area contributed by atoms with Crippen molar-refractivity contribution in [2.24, 2.45) is 0 Å². The van der Waals surface area contributed by atoms with Gasteiger partial charge < -0.3 is 5.32 Å². The summed E-state index contributed by atoms with van der Waals surface area (Å²) in [4.78, 5) is 0. The van der Waals surface area contributed by atoms with Crippen LogP contribution in [-0.2, 0) is 5.41 Å². The van der Waals surface area contributed by atoms with Crippen LogP contribution in [0, 0.1) is 0 Å². The normalized spacial score (nSPS) is 13.6. The summed E-state index contributed by atoms with van der Waals surface area (Å²) in [5, 5.41) is 8.91. The Balaban J connectivity index is 1.24. The number of nitrogens with one attached hydrogen (secondary N) is 1. The van der Waals surface area contributed by atoms with Gasteiger partial charge in [0.15, 0.2) is 0 Å². The zero-order valence-electron chi connectivity index (χ0n) is 22.0. The van der Waals surface area contributed by atoms with Crippen molar-refractivity contribution in [1.82, 2.24) is 0 Å². The van der Waals surface area contributed by atoms with E-state index in [1.807, 2.05) is 11.3 Å². The number of fused-ring (bicyclic) bond motifs is 7. The van der Waals surface area contributed by atoms with E-state index in [-0.39, 0.29) is 5.41 Å². The van der Waals surface area contributed by atoms with E-state index in [0.717, 1.165) is 11.4 Å². The van der Waals surface area contributed by atoms with Crippen LogP contribution in [0.15, 0.2) is 121 Å². The van der Waals surface area contributed by atoms with Gasteiger partial charge >= 0.3 is 0 Å². The molecule has 0 atom stereocenters. The SMILES string of the molecule is CC1(C)c2ccccc2-c2cc(Nc3ccc4cccc(-c5cccc6c5sc5ccccc56)c4c3)ccc21. The maximum Gasteiger partial charge on any atom is 0.0434 e. The third-order valence-corrected chi connectivity index (χ3v) is 9.67.